The second-order valence-corrected chi connectivity index (χ2v) is 5.29. The van der Waals surface area contributed by atoms with Crippen LogP contribution >= 0.6 is 11.6 Å². The van der Waals surface area contributed by atoms with Gasteiger partial charge in [-0.3, -0.25) is 4.79 Å². The van der Waals surface area contributed by atoms with Gasteiger partial charge >= 0.3 is 0 Å². The number of nitrogens with zero attached hydrogens (tertiary/aromatic N) is 1. The van der Waals surface area contributed by atoms with Gasteiger partial charge in [-0.1, -0.05) is 24.4 Å². The van der Waals surface area contributed by atoms with Crippen molar-refractivity contribution in [3.8, 4) is 0 Å². The predicted molar refractivity (Wildman–Crippen MR) is 74.0 cm³/mol. The Balaban J connectivity index is 2.09. The van der Waals surface area contributed by atoms with Crippen LogP contribution in [0.25, 0.3) is 0 Å². The third-order valence-electron chi connectivity index (χ3n) is 3.61. The molecule has 0 bridgehead atoms. The topological polar surface area (TPSA) is 88.2 Å². The molecule has 1 amide bonds. The minimum absolute atomic E-state index is 0.00223. The minimum atomic E-state index is -0.257. The summed E-state index contributed by atoms with van der Waals surface area (Å²) in [7, 11) is 0. The number of carbonyl (C=O) groups is 1. The lowest BCUT2D eigenvalue weighted by atomic mass is 9.85. The van der Waals surface area contributed by atoms with Crippen LogP contribution in [0.5, 0.6) is 0 Å². The highest BCUT2D eigenvalue weighted by molar-refractivity contribution is 6.29. The number of hydrogen-bond donors (Lipinski definition) is 3. The summed E-state index contributed by atoms with van der Waals surface area (Å²) < 4.78 is 0. The fourth-order valence-corrected chi connectivity index (χ4v) is 2.66. The monoisotopic (exact) mass is 283 g/mol. The molecule has 104 valence electrons. The van der Waals surface area contributed by atoms with Gasteiger partial charge in [0.25, 0.3) is 5.91 Å². The van der Waals surface area contributed by atoms with Gasteiger partial charge in [0.2, 0.25) is 0 Å². The van der Waals surface area contributed by atoms with Crippen molar-refractivity contribution in [3.05, 3.63) is 23.0 Å². The van der Waals surface area contributed by atoms with E-state index < -0.39 is 0 Å². The molecule has 1 saturated carbocycles. The molecule has 1 fully saturated rings. The summed E-state index contributed by atoms with van der Waals surface area (Å²) in [5, 5.41) is 12.5. The molecule has 0 saturated heterocycles. The fourth-order valence-electron chi connectivity index (χ4n) is 2.50. The Bertz CT molecular complexity index is 467. The third kappa shape index (κ3) is 3.36. The zero-order valence-electron chi connectivity index (χ0n) is 10.6. The summed E-state index contributed by atoms with van der Waals surface area (Å²) >= 11 is 5.77. The van der Waals surface area contributed by atoms with Crippen LogP contribution in [0.2, 0.25) is 5.15 Å². The molecule has 2 unspecified atom stereocenters. The van der Waals surface area contributed by atoms with E-state index in [0.29, 0.717) is 11.3 Å². The van der Waals surface area contributed by atoms with E-state index in [-0.39, 0.29) is 29.6 Å². The van der Waals surface area contributed by atoms with Crippen molar-refractivity contribution >= 4 is 23.2 Å². The lowest BCUT2D eigenvalue weighted by molar-refractivity contribution is 0.0873. The Morgan fingerprint density at radius 2 is 2.26 bits per heavy atom. The highest BCUT2D eigenvalue weighted by Crippen LogP contribution is 2.25. The van der Waals surface area contributed by atoms with Gasteiger partial charge in [0, 0.05) is 18.6 Å². The molecule has 4 N–H and O–H groups in total. The first-order chi connectivity index (χ1) is 9.11. The van der Waals surface area contributed by atoms with Gasteiger partial charge in [0.05, 0.1) is 17.4 Å². The SMILES string of the molecule is Nc1cnc(Cl)cc1C(=O)NC1CCCCC1CO. The first-order valence-corrected chi connectivity index (χ1v) is 6.82. The van der Waals surface area contributed by atoms with Crippen molar-refractivity contribution in [3.63, 3.8) is 0 Å². The Hall–Kier alpha value is -1.33. The van der Waals surface area contributed by atoms with Crippen molar-refractivity contribution in [2.24, 2.45) is 5.92 Å². The number of nitrogens with two attached hydrogens (primary N) is 1. The van der Waals surface area contributed by atoms with E-state index >= 15 is 0 Å². The Morgan fingerprint density at radius 3 is 3.00 bits per heavy atom. The van der Waals surface area contributed by atoms with Gasteiger partial charge in [-0.05, 0) is 18.9 Å². The largest absolute Gasteiger partial charge is 0.397 e. The maximum Gasteiger partial charge on any atom is 0.253 e. The molecule has 0 aliphatic heterocycles. The van der Waals surface area contributed by atoms with Crippen LogP contribution in [0, 0.1) is 5.92 Å². The number of amides is 1. The van der Waals surface area contributed by atoms with Crippen LogP contribution in [-0.2, 0) is 0 Å². The van der Waals surface area contributed by atoms with E-state index in [1.54, 1.807) is 0 Å². The van der Waals surface area contributed by atoms with Gasteiger partial charge in [-0.25, -0.2) is 4.98 Å². The van der Waals surface area contributed by atoms with E-state index in [0.717, 1.165) is 25.7 Å². The van der Waals surface area contributed by atoms with E-state index in [9.17, 15) is 9.90 Å². The summed E-state index contributed by atoms with van der Waals surface area (Å²) in [4.78, 5) is 16.0. The van der Waals surface area contributed by atoms with Gasteiger partial charge < -0.3 is 16.2 Å². The van der Waals surface area contributed by atoms with Crippen LogP contribution in [0.4, 0.5) is 5.69 Å². The number of carbonyl (C=O) groups excluding carboxylic acids is 1. The number of aliphatic hydroxyl groups is 1. The van der Waals surface area contributed by atoms with E-state index in [4.69, 9.17) is 17.3 Å². The van der Waals surface area contributed by atoms with Crippen molar-refractivity contribution in [2.45, 2.75) is 31.7 Å². The lowest BCUT2D eigenvalue weighted by Crippen LogP contribution is -2.43. The Kier molecular flexibility index (Phi) is 4.61. The summed E-state index contributed by atoms with van der Waals surface area (Å²) in [5.41, 5.74) is 6.37. The molecule has 2 rings (SSSR count). The lowest BCUT2D eigenvalue weighted by Gasteiger charge is -2.31. The van der Waals surface area contributed by atoms with Crippen LogP contribution < -0.4 is 11.1 Å². The maximum atomic E-state index is 12.2. The average molecular weight is 284 g/mol. The van der Waals surface area contributed by atoms with E-state index in [1.807, 2.05) is 0 Å². The first kappa shape index (κ1) is 14.1. The van der Waals surface area contributed by atoms with Crippen molar-refractivity contribution in [1.29, 1.82) is 0 Å². The van der Waals surface area contributed by atoms with Crippen LogP contribution in [0.1, 0.15) is 36.0 Å². The smallest absolute Gasteiger partial charge is 0.253 e. The third-order valence-corrected chi connectivity index (χ3v) is 3.81. The van der Waals surface area contributed by atoms with E-state index in [2.05, 4.69) is 10.3 Å². The second-order valence-electron chi connectivity index (χ2n) is 4.90. The summed E-state index contributed by atoms with van der Waals surface area (Å²) in [6, 6.07) is 1.46. The number of aliphatic hydroxyl groups excluding tert-OH is 1. The van der Waals surface area contributed by atoms with Crippen LogP contribution in [-0.4, -0.2) is 28.6 Å². The molecule has 19 heavy (non-hydrogen) atoms. The molecule has 2 atom stereocenters. The minimum Gasteiger partial charge on any atom is -0.397 e. The molecule has 0 spiro atoms. The van der Waals surface area contributed by atoms with Crippen LogP contribution in [0.3, 0.4) is 0 Å². The number of nitrogens with one attached hydrogen (secondary N) is 1. The normalized spacial score (nSPS) is 23.1. The Morgan fingerprint density at radius 1 is 1.53 bits per heavy atom. The van der Waals surface area contributed by atoms with Crippen molar-refractivity contribution < 1.29 is 9.90 Å². The average Bonchev–Trinajstić information content (AvgIpc) is 2.42. The van der Waals surface area contributed by atoms with Gasteiger partial charge in [-0.2, -0.15) is 0 Å². The zero-order chi connectivity index (χ0) is 13.8. The highest BCUT2D eigenvalue weighted by atomic mass is 35.5. The van der Waals surface area contributed by atoms with Crippen LogP contribution in [0.15, 0.2) is 12.3 Å². The first-order valence-electron chi connectivity index (χ1n) is 6.44. The molecular formula is C13H18ClN3O2. The standard InChI is InChI=1S/C13H18ClN3O2/c14-12-5-9(10(15)6-16-12)13(19)17-11-4-2-1-3-8(11)7-18/h5-6,8,11,18H,1-4,7,15H2,(H,17,19). The number of nitrogen functional groups attached to an aromatic ring is 1. The van der Waals surface area contributed by atoms with Crippen molar-refractivity contribution in [2.75, 3.05) is 12.3 Å². The second kappa shape index (κ2) is 6.21. The molecule has 1 heterocycles. The highest BCUT2D eigenvalue weighted by Gasteiger charge is 2.26. The maximum absolute atomic E-state index is 12.2. The van der Waals surface area contributed by atoms with Gasteiger partial charge in [0.1, 0.15) is 5.15 Å². The predicted octanol–water partition coefficient (Wildman–Crippen LogP) is 1.60. The molecule has 6 heteroatoms. The molecule has 0 aromatic carbocycles. The summed E-state index contributed by atoms with van der Waals surface area (Å²) in [6.45, 7) is 0.0948. The molecule has 1 aliphatic rings. The number of rotatable bonds is 3. The van der Waals surface area contributed by atoms with Gasteiger partial charge in [0.15, 0.2) is 0 Å². The number of hydrogen-bond acceptors (Lipinski definition) is 4. The molecule has 1 aromatic heterocycles. The zero-order valence-corrected chi connectivity index (χ0v) is 11.4. The summed E-state index contributed by atoms with van der Waals surface area (Å²) in [5.74, 6) is -0.136. The number of anilines is 1. The molecule has 0 radical (unpaired) electrons. The van der Waals surface area contributed by atoms with Gasteiger partial charge in [-0.15, -0.1) is 0 Å². The quantitative estimate of drug-likeness (QED) is 0.735. The van der Waals surface area contributed by atoms with Crippen molar-refractivity contribution in [1.82, 2.24) is 10.3 Å². The number of aromatic nitrogens is 1. The number of pyridine rings is 1. The van der Waals surface area contributed by atoms with E-state index in [1.165, 1.54) is 12.3 Å². The number of halogens is 1. The fraction of sp³-hybridized carbons (Fsp3) is 0.538. The Labute approximate surface area is 117 Å². The molecular weight excluding hydrogens is 266 g/mol. The molecule has 1 aromatic rings. The molecule has 5 nitrogen and oxygen atoms in total. The summed E-state index contributed by atoms with van der Waals surface area (Å²) in [6.07, 6.45) is 5.36. The molecule has 1 aliphatic carbocycles.